The minimum absolute atomic E-state index is 0.0670. The highest BCUT2D eigenvalue weighted by Gasteiger charge is 2.23. The highest BCUT2D eigenvalue weighted by Crippen LogP contribution is 2.25. The summed E-state index contributed by atoms with van der Waals surface area (Å²) >= 11 is 1.42. The molecule has 1 saturated carbocycles. The first-order chi connectivity index (χ1) is 11.0. The van der Waals surface area contributed by atoms with Gasteiger partial charge in [-0.3, -0.25) is 4.79 Å². The standard InChI is InChI=1S/C16H21N5OS/c1-20(2)13-8-4-11(5-9-13)15-18-19-16(21(15)3)23-10-14(22)17-12-6-7-12/h4-5,8-9,12H,6-7,10H2,1-3H3,(H,17,22). The average Bonchev–Trinajstić information content (AvgIpc) is 3.27. The van der Waals surface area contributed by atoms with Crippen LogP contribution in [0.3, 0.4) is 0 Å². The minimum atomic E-state index is 0.0670. The molecule has 0 bridgehead atoms. The van der Waals surface area contributed by atoms with E-state index in [0.717, 1.165) is 35.1 Å². The van der Waals surface area contributed by atoms with Crippen LogP contribution in [0.2, 0.25) is 0 Å². The molecule has 0 spiro atoms. The Morgan fingerprint density at radius 1 is 1.30 bits per heavy atom. The van der Waals surface area contributed by atoms with Gasteiger partial charge in [0, 0.05) is 38.4 Å². The van der Waals surface area contributed by atoms with Crippen LogP contribution in [0.15, 0.2) is 29.4 Å². The number of rotatable bonds is 6. The highest BCUT2D eigenvalue weighted by molar-refractivity contribution is 7.99. The van der Waals surface area contributed by atoms with Gasteiger partial charge in [0.05, 0.1) is 5.75 Å². The molecule has 6 nitrogen and oxygen atoms in total. The molecule has 1 aliphatic carbocycles. The van der Waals surface area contributed by atoms with Crippen molar-refractivity contribution in [2.75, 3.05) is 24.7 Å². The maximum absolute atomic E-state index is 11.8. The second-order valence-electron chi connectivity index (χ2n) is 5.94. The number of anilines is 1. The lowest BCUT2D eigenvalue weighted by Crippen LogP contribution is -2.27. The van der Waals surface area contributed by atoms with Crippen LogP contribution >= 0.6 is 11.8 Å². The Morgan fingerprint density at radius 2 is 2.00 bits per heavy atom. The quantitative estimate of drug-likeness (QED) is 0.820. The van der Waals surface area contributed by atoms with Gasteiger partial charge in [0.15, 0.2) is 11.0 Å². The minimum Gasteiger partial charge on any atom is -0.378 e. The number of aromatic nitrogens is 3. The van der Waals surface area contributed by atoms with Crippen molar-refractivity contribution in [3.05, 3.63) is 24.3 Å². The third-order valence-electron chi connectivity index (χ3n) is 3.75. The van der Waals surface area contributed by atoms with E-state index < -0.39 is 0 Å². The van der Waals surface area contributed by atoms with Crippen molar-refractivity contribution in [1.29, 1.82) is 0 Å². The van der Waals surface area contributed by atoms with Gasteiger partial charge in [-0.2, -0.15) is 0 Å². The normalized spacial score (nSPS) is 13.9. The SMILES string of the molecule is CN(C)c1ccc(-c2nnc(SCC(=O)NC3CC3)n2C)cc1. The molecule has 1 aliphatic rings. The van der Waals surface area contributed by atoms with Crippen LogP contribution in [-0.2, 0) is 11.8 Å². The molecule has 1 fully saturated rings. The molecular formula is C16H21N5OS. The molecule has 1 aromatic heterocycles. The third-order valence-corrected chi connectivity index (χ3v) is 4.77. The Morgan fingerprint density at radius 3 is 2.61 bits per heavy atom. The number of carbonyl (C=O) groups is 1. The molecule has 1 amide bonds. The van der Waals surface area contributed by atoms with Gasteiger partial charge in [0.2, 0.25) is 5.91 Å². The molecule has 7 heteroatoms. The van der Waals surface area contributed by atoms with Crippen molar-refractivity contribution in [3.63, 3.8) is 0 Å². The Hall–Kier alpha value is -2.02. The largest absolute Gasteiger partial charge is 0.378 e. The molecule has 0 radical (unpaired) electrons. The van der Waals surface area contributed by atoms with Crippen LogP contribution in [0.25, 0.3) is 11.4 Å². The first-order valence-electron chi connectivity index (χ1n) is 7.64. The fraction of sp³-hybridized carbons (Fsp3) is 0.438. The number of thioether (sulfide) groups is 1. The van der Waals surface area contributed by atoms with Gasteiger partial charge in [0.25, 0.3) is 0 Å². The molecule has 0 unspecified atom stereocenters. The van der Waals surface area contributed by atoms with E-state index in [2.05, 4.69) is 32.5 Å². The molecule has 0 atom stereocenters. The van der Waals surface area contributed by atoms with E-state index in [4.69, 9.17) is 0 Å². The summed E-state index contributed by atoms with van der Waals surface area (Å²) in [7, 11) is 5.95. The number of hydrogen-bond acceptors (Lipinski definition) is 5. The van der Waals surface area contributed by atoms with Gasteiger partial charge in [-0.25, -0.2) is 0 Å². The van der Waals surface area contributed by atoms with E-state index >= 15 is 0 Å². The monoisotopic (exact) mass is 331 g/mol. The van der Waals surface area contributed by atoms with Crippen LogP contribution in [-0.4, -0.2) is 46.6 Å². The third kappa shape index (κ3) is 3.85. The molecule has 3 rings (SSSR count). The number of amides is 1. The van der Waals surface area contributed by atoms with E-state index in [-0.39, 0.29) is 5.91 Å². The van der Waals surface area contributed by atoms with Crippen molar-refractivity contribution < 1.29 is 4.79 Å². The number of hydrogen-bond donors (Lipinski definition) is 1. The lowest BCUT2D eigenvalue weighted by Gasteiger charge is -2.12. The lowest BCUT2D eigenvalue weighted by atomic mass is 10.2. The summed E-state index contributed by atoms with van der Waals surface area (Å²) in [6.07, 6.45) is 2.21. The average molecular weight is 331 g/mol. The summed E-state index contributed by atoms with van der Waals surface area (Å²) < 4.78 is 1.93. The van der Waals surface area contributed by atoms with E-state index in [0.29, 0.717) is 11.8 Å². The number of benzene rings is 1. The van der Waals surface area contributed by atoms with Crippen molar-refractivity contribution in [1.82, 2.24) is 20.1 Å². The summed E-state index contributed by atoms with van der Waals surface area (Å²) in [5.74, 6) is 1.25. The van der Waals surface area contributed by atoms with Gasteiger partial charge >= 0.3 is 0 Å². The summed E-state index contributed by atoms with van der Waals surface area (Å²) in [6, 6.07) is 8.58. The fourth-order valence-electron chi connectivity index (χ4n) is 2.23. The molecular weight excluding hydrogens is 310 g/mol. The summed E-state index contributed by atoms with van der Waals surface area (Å²) in [5, 5.41) is 12.2. The predicted molar refractivity (Wildman–Crippen MR) is 92.7 cm³/mol. The first kappa shape index (κ1) is 15.9. The van der Waals surface area contributed by atoms with Gasteiger partial charge in [0.1, 0.15) is 0 Å². The summed E-state index contributed by atoms with van der Waals surface area (Å²) in [5.41, 5.74) is 2.15. The molecule has 1 heterocycles. The molecule has 1 aromatic carbocycles. The van der Waals surface area contributed by atoms with Gasteiger partial charge in [-0.15, -0.1) is 10.2 Å². The number of nitrogens with zero attached hydrogens (tertiary/aromatic N) is 4. The molecule has 2 aromatic rings. The fourth-order valence-corrected chi connectivity index (χ4v) is 2.95. The number of carbonyl (C=O) groups excluding carboxylic acids is 1. The van der Waals surface area contributed by atoms with Crippen LogP contribution < -0.4 is 10.2 Å². The maximum Gasteiger partial charge on any atom is 0.230 e. The van der Waals surface area contributed by atoms with Crippen LogP contribution in [0.4, 0.5) is 5.69 Å². The zero-order valence-corrected chi connectivity index (χ0v) is 14.4. The lowest BCUT2D eigenvalue weighted by molar-refractivity contribution is -0.118. The van der Waals surface area contributed by atoms with Crippen molar-refractivity contribution >= 4 is 23.4 Å². The van der Waals surface area contributed by atoms with E-state index in [9.17, 15) is 4.79 Å². The van der Waals surface area contributed by atoms with E-state index in [1.807, 2.05) is 37.8 Å². The van der Waals surface area contributed by atoms with Crippen LogP contribution in [0.1, 0.15) is 12.8 Å². The topological polar surface area (TPSA) is 63.1 Å². The molecule has 23 heavy (non-hydrogen) atoms. The van der Waals surface area contributed by atoms with E-state index in [1.165, 1.54) is 11.8 Å². The Kier molecular flexibility index (Phi) is 4.56. The number of nitrogens with one attached hydrogen (secondary N) is 1. The van der Waals surface area contributed by atoms with Gasteiger partial charge in [-0.05, 0) is 37.1 Å². The summed E-state index contributed by atoms with van der Waals surface area (Å²) in [6.45, 7) is 0. The van der Waals surface area contributed by atoms with Crippen molar-refractivity contribution in [2.24, 2.45) is 7.05 Å². The maximum atomic E-state index is 11.8. The first-order valence-corrected chi connectivity index (χ1v) is 8.62. The second kappa shape index (κ2) is 6.62. The smallest absolute Gasteiger partial charge is 0.230 e. The van der Waals surface area contributed by atoms with Crippen molar-refractivity contribution in [3.8, 4) is 11.4 Å². The Labute approximate surface area is 140 Å². The Bertz CT molecular complexity index is 691. The van der Waals surface area contributed by atoms with Crippen LogP contribution in [0, 0.1) is 0 Å². The zero-order chi connectivity index (χ0) is 16.4. The predicted octanol–water partition coefficient (Wildman–Crippen LogP) is 1.92. The van der Waals surface area contributed by atoms with Crippen molar-refractivity contribution in [2.45, 2.75) is 24.0 Å². The molecule has 0 saturated heterocycles. The van der Waals surface area contributed by atoms with Gasteiger partial charge < -0.3 is 14.8 Å². The van der Waals surface area contributed by atoms with E-state index in [1.54, 1.807) is 0 Å². The highest BCUT2D eigenvalue weighted by atomic mass is 32.2. The Balaban J connectivity index is 1.67. The summed E-state index contributed by atoms with van der Waals surface area (Å²) in [4.78, 5) is 13.8. The molecule has 122 valence electrons. The molecule has 0 aliphatic heterocycles. The van der Waals surface area contributed by atoms with Crippen LogP contribution in [0.5, 0.6) is 0 Å². The second-order valence-corrected chi connectivity index (χ2v) is 6.88. The zero-order valence-electron chi connectivity index (χ0n) is 13.6. The van der Waals surface area contributed by atoms with Gasteiger partial charge in [-0.1, -0.05) is 11.8 Å². The molecule has 1 N–H and O–H groups in total.